The zero-order chi connectivity index (χ0) is 17.4. The third-order valence-corrected chi connectivity index (χ3v) is 4.14. The Bertz CT molecular complexity index is 537. The van der Waals surface area contributed by atoms with E-state index in [1.165, 1.54) is 12.0 Å². The van der Waals surface area contributed by atoms with Gasteiger partial charge in [0.2, 0.25) is 0 Å². The molecule has 1 aliphatic rings. The van der Waals surface area contributed by atoms with E-state index in [1.54, 1.807) is 0 Å². The van der Waals surface area contributed by atoms with Crippen LogP contribution in [0.3, 0.4) is 0 Å². The van der Waals surface area contributed by atoms with Gasteiger partial charge in [-0.3, -0.25) is 0 Å². The van der Waals surface area contributed by atoms with Crippen LogP contribution in [-0.4, -0.2) is 55.5 Å². The molecule has 0 saturated carbocycles. The Kier molecular flexibility index (Phi) is 6.87. The summed E-state index contributed by atoms with van der Waals surface area (Å²) in [5, 5.41) is 11.8. The zero-order valence-corrected chi connectivity index (χ0v) is 13.8. The summed E-state index contributed by atoms with van der Waals surface area (Å²) in [4.78, 5) is 23.8. The molecule has 132 valence electrons. The molecule has 2 rings (SSSR count). The molecule has 0 bridgehead atoms. The molecule has 0 radical (unpaired) electrons. The highest BCUT2D eigenvalue weighted by Crippen LogP contribution is 2.32. The summed E-state index contributed by atoms with van der Waals surface area (Å²) in [5.41, 5.74) is 1.02. The van der Waals surface area contributed by atoms with Gasteiger partial charge >= 0.3 is 12.2 Å². The lowest BCUT2D eigenvalue weighted by Gasteiger charge is -2.35. The van der Waals surface area contributed by atoms with Gasteiger partial charge in [-0.05, 0) is 18.4 Å². The first-order valence-electron chi connectivity index (χ1n) is 8.08. The molecule has 1 saturated heterocycles. The first kappa shape index (κ1) is 18.1. The molecular weight excluding hydrogens is 312 g/mol. The minimum atomic E-state index is -0.890. The molecule has 1 fully saturated rings. The Hall–Kier alpha value is -2.28. The second-order valence-electron chi connectivity index (χ2n) is 5.75. The van der Waals surface area contributed by atoms with Crippen LogP contribution < -0.4 is 5.32 Å². The van der Waals surface area contributed by atoms with Crippen LogP contribution in [0.1, 0.15) is 24.5 Å². The average molecular weight is 336 g/mol. The predicted molar refractivity (Wildman–Crippen MR) is 87.9 cm³/mol. The van der Waals surface area contributed by atoms with E-state index in [9.17, 15) is 14.7 Å². The molecule has 1 aromatic rings. The quantitative estimate of drug-likeness (QED) is 0.779. The number of rotatable bonds is 6. The summed E-state index contributed by atoms with van der Waals surface area (Å²) in [6.45, 7) is 1.69. The molecule has 24 heavy (non-hydrogen) atoms. The normalized spacial score (nSPS) is 18.7. The molecule has 2 atom stereocenters. The number of methoxy groups -OCH3 is 1. The molecule has 0 aliphatic carbocycles. The fourth-order valence-electron chi connectivity index (χ4n) is 2.99. The monoisotopic (exact) mass is 336 g/mol. The number of carbonyl (C=O) groups excluding carboxylic acids is 1. The Morgan fingerprint density at radius 1 is 1.38 bits per heavy atom. The SMILES string of the molecule is COC(=O)NCCO[C@@H](c1ccccc1)C1CCCN(C(=O)O)C1. The van der Waals surface area contributed by atoms with Gasteiger partial charge in [0.15, 0.2) is 0 Å². The van der Waals surface area contributed by atoms with Crippen LogP contribution in [0.4, 0.5) is 9.59 Å². The highest BCUT2D eigenvalue weighted by molar-refractivity contribution is 5.66. The van der Waals surface area contributed by atoms with E-state index >= 15 is 0 Å². The van der Waals surface area contributed by atoms with Crippen molar-refractivity contribution in [2.45, 2.75) is 18.9 Å². The Morgan fingerprint density at radius 3 is 2.79 bits per heavy atom. The van der Waals surface area contributed by atoms with Crippen LogP contribution in [0.2, 0.25) is 0 Å². The van der Waals surface area contributed by atoms with E-state index in [2.05, 4.69) is 10.1 Å². The van der Waals surface area contributed by atoms with Gasteiger partial charge in [-0.1, -0.05) is 30.3 Å². The van der Waals surface area contributed by atoms with Crippen molar-refractivity contribution in [3.05, 3.63) is 35.9 Å². The van der Waals surface area contributed by atoms with Crippen molar-refractivity contribution in [2.24, 2.45) is 5.92 Å². The number of carboxylic acid groups (broad SMARTS) is 1. The van der Waals surface area contributed by atoms with Crippen LogP contribution in [0.25, 0.3) is 0 Å². The number of carbonyl (C=O) groups is 2. The van der Waals surface area contributed by atoms with Crippen molar-refractivity contribution < 1.29 is 24.2 Å². The molecule has 7 nitrogen and oxygen atoms in total. The highest BCUT2D eigenvalue weighted by Gasteiger charge is 2.30. The van der Waals surface area contributed by atoms with Crippen molar-refractivity contribution in [1.82, 2.24) is 10.2 Å². The molecule has 1 unspecified atom stereocenters. The Labute approximate surface area is 141 Å². The zero-order valence-electron chi connectivity index (χ0n) is 13.8. The highest BCUT2D eigenvalue weighted by atomic mass is 16.5. The molecule has 0 aromatic heterocycles. The lowest BCUT2D eigenvalue weighted by atomic mass is 9.88. The maximum Gasteiger partial charge on any atom is 0.407 e. The van der Waals surface area contributed by atoms with Crippen LogP contribution in [0.15, 0.2) is 30.3 Å². The minimum Gasteiger partial charge on any atom is -0.465 e. The van der Waals surface area contributed by atoms with Gasteiger partial charge in [-0.2, -0.15) is 0 Å². The maximum absolute atomic E-state index is 11.3. The number of hydrogen-bond donors (Lipinski definition) is 2. The van der Waals surface area contributed by atoms with Crippen LogP contribution in [-0.2, 0) is 9.47 Å². The van der Waals surface area contributed by atoms with E-state index < -0.39 is 12.2 Å². The van der Waals surface area contributed by atoms with Gasteiger partial charge in [0, 0.05) is 25.6 Å². The summed E-state index contributed by atoms with van der Waals surface area (Å²) in [6, 6.07) is 9.78. The Morgan fingerprint density at radius 2 is 2.12 bits per heavy atom. The fraction of sp³-hybridized carbons (Fsp3) is 0.529. The predicted octanol–water partition coefficient (Wildman–Crippen LogP) is 2.49. The van der Waals surface area contributed by atoms with E-state index in [4.69, 9.17) is 4.74 Å². The van der Waals surface area contributed by atoms with Crippen LogP contribution in [0.5, 0.6) is 0 Å². The smallest absolute Gasteiger partial charge is 0.407 e. The molecule has 0 spiro atoms. The number of alkyl carbamates (subject to hydrolysis) is 1. The molecule has 1 heterocycles. The Balaban J connectivity index is 2.00. The maximum atomic E-state index is 11.3. The summed E-state index contributed by atoms with van der Waals surface area (Å²) < 4.78 is 10.5. The van der Waals surface area contributed by atoms with Crippen molar-refractivity contribution in [3.8, 4) is 0 Å². The summed E-state index contributed by atoms with van der Waals surface area (Å²) in [7, 11) is 1.31. The molecule has 1 aliphatic heterocycles. The number of benzene rings is 1. The number of likely N-dealkylation sites (tertiary alicyclic amines) is 1. The lowest BCUT2D eigenvalue weighted by molar-refractivity contribution is -0.0117. The van der Waals surface area contributed by atoms with Crippen molar-refractivity contribution >= 4 is 12.2 Å². The van der Waals surface area contributed by atoms with Crippen LogP contribution in [0, 0.1) is 5.92 Å². The number of amides is 2. The standard InChI is InChI=1S/C17H24N2O5/c1-23-16(20)18-9-11-24-15(13-6-3-2-4-7-13)14-8-5-10-19(12-14)17(21)22/h2-4,6-7,14-15H,5,8-12H2,1H3,(H,18,20)(H,21,22)/t14?,15-/m0/s1. The number of hydrogen-bond acceptors (Lipinski definition) is 4. The second kappa shape index (κ2) is 9.12. The van der Waals surface area contributed by atoms with Gasteiger partial charge < -0.3 is 24.8 Å². The van der Waals surface area contributed by atoms with E-state index in [0.29, 0.717) is 26.2 Å². The largest absolute Gasteiger partial charge is 0.465 e. The molecule has 2 amide bonds. The van der Waals surface area contributed by atoms with Gasteiger partial charge in [-0.25, -0.2) is 9.59 Å². The van der Waals surface area contributed by atoms with Crippen molar-refractivity contribution in [2.75, 3.05) is 33.4 Å². The molecule has 2 N–H and O–H groups in total. The third kappa shape index (κ3) is 5.13. The summed E-state index contributed by atoms with van der Waals surface area (Å²) >= 11 is 0. The fourth-order valence-corrected chi connectivity index (χ4v) is 2.99. The lowest BCUT2D eigenvalue weighted by Crippen LogP contribution is -2.41. The molecule has 7 heteroatoms. The van der Waals surface area contributed by atoms with Crippen LogP contribution >= 0.6 is 0 Å². The molecular formula is C17H24N2O5. The minimum absolute atomic E-state index is 0.0929. The van der Waals surface area contributed by atoms with Crippen molar-refractivity contribution in [1.29, 1.82) is 0 Å². The van der Waals surface area contributed by atoms with E-state index in [-0.39, 0.29) is 12.0 Å². The van der Waals surface area contributed by atoms with E-state index in [1.807, 2.05) is 30.3 Å². The summed E-state index contributed by atoms with van der Waals surface area (Å²) in [5.74, 6) is 0.0929. The van der Waals surface area contributed by atoms with Gasteiger partial charge in [-0.15, -0.1) is 0 Å². The third-order valence-electron chi connectivity index (χ3n) is 4.14. The number of ether oxygens (including phenoxy) is 2. The first-order valence-corrected chi connectivity index (χ1v) is 8.08. The first-order chi connectivity index (χ1) is 11.6. The number of nitrogens with zero attached hydrogens (tertiary/aromatic N) is 1. The van der Waals surface area contributed by atoms with Gasteiger partial charge in [0.05, 0.1) is 19.8 Å². The number of nitrogens with one attached hydrogen (secondary N) is 1. The van der Waals surface area contributed by atoms with Gasteiger partial charge in [0.25, 0.3) is 0 Å². The van der Waals surface area contributed by atoms with E-state index in [0.717, 1.165) is 18.4 Å². The molecule has 1 aromatic carbocycles. The number of piperidine rings is 1. The summed E-state index contributed by atoms with van der Waals surface area (Å²) in [6.07, 6.45) is 0.147. The second-order valence-corrected chi connectivity index (χ2v) is 5.75. The van der Waals surface area contributed by atoms with Crippen molar-refractivity contribution in [3.63, 3.8) is 0 Å². The topological polar surface area (TPSA) is 88.1 Å². The van der Waals surface area contributed by atoms with Gasteiger partial charge in [0.1, 0.15) is 0 Å². The average Bonchev–Trinajstić information content (AvgIpc) is 2.62.